The number of hydrogen-bond donors (Lipinski definition) is 1. The summed E-state index contributed by atoms with van der Waals surface area (Å²) in [5.41, 5.74) is 0. The van der Waals surface area contributed by atoms with Crippen LogP contribution in [0.1, 0.15) is 39.5 Å². The third-order valence-electron chi connectivity index (χ3n) is 3.61. The Morgan fingerprint density at radius 3 is 2.60 bits per heavy atom. The first kappa shape index (κ1) is 10.9. The molecule has 1 heterocycles. The van der Waals surface area contributed by atoms with E-state index in [4.69, 9.17) is 4.74 Å². The zero-order valence-corrected chi connectivity index (χ0v) is 9.66. The van der Waals surface area contributed by atoms with E-state index in [2.05, 4.69) is 12.2 Å². The van der Waals surface area contributed by atoms with E-state index in [9.17, 15) is 4.79 Å². The second kappa shape index (κ2) is 4.52. The zero-order chi connectivity index (χ0) is 10.8. The van der Waals surface area contributed by atoms with E-state index in [-0.39, 0.29) is 17.9 Å². The number of amides is 1. The van der Waals surface area contributed by atoms with Gasteiger partial charge in [0.1, 0.15) is 0 Å². The van der Waals surface area contributed by atoms with Crippen molar-refractivity contribution in [3.8, 4) is 0 Å². The van der Waals surface area contributed by atoms with E-state index in [0.29, 0.717) is 12.6 Å². The lowest BCUT2D eigenvalue weighted by Gasteiger charge is -2.15. The number of rotatable bonds is 2. The molecule has 0 aromatic carbocycles. The average Bonchev–Trinajstić information content (AvgIpc) is 2.75. The smallest absolute Gasteiger partial charge is 0.225 e. The van der Waals surface area contributed by atoms with Crippen molar-refractivity contribution < 1.29 is 9.53 Å². The third-order valence-corrected chi connectivity index (χ3v) is 3.61. The summed E-state index contributed by atoms with van der Waals surface area (Å²) < 4.78 is 5.41. The number of nitrogens with one attached hydrogen (secondary N) is 1. The number of carbonyl (C=O) groups excluding carboxylic acids is 1. The molecule has 2 fully saturated rings. The minimum atomic E-state index is 0.0934. The van der Waals surface area contributed by atoms with Crippen LogP contribution in [0.5, 0.6) is 0 Å². The zero-order valence-electron chi connectivity index (χ0n) is 9.66. The first-order valence-electron chi connectivity index (χ1n) is 6.07. The topological polar surface area (TPSA) is 38.3 Å². The number of ether oxygens (including phenoxy) is 1. The molecule has 0 bridgehead atoms. The Bertz CT molecular complexity index is 242. The van der Waals surface area contributed by atoms with Gasteiger partial charge in [-0.1, -0.05) is 6.92 Å². The summed E-state index contributed by atoms with van der Waals surface area (Å²) in [4.78, 5) is 11.9. The van der Waals surface area contributed by atoms with Crippen LogP contribution in [0.25, 0.3) is 0 Å². The van der Waals surface area contributed by atoms with Crippen LogP contribution in [0.2, 0.25) is 0 Å². The molecule has 0 spiro atoms. The Balaban J connectivity index is 1.77. The lowest BCUT2D eigenvalue weighted by Crippen LogP contribution is -2.37. The summed E-state index contributed by atoms with van der Waals surface area (Å²) in [5, 5.41) is 3.15. The molecule has 1 aliphatic carbocycles. The molecule has 0 aromatic rings. The first-order chi connectivity index (χ1) is 7.15. The molecule has 2 aliphatic rings. The van der Waals surface area contributed by atoms with E-state index >= 15 is 0 Å². The first-order valence-corrected chi connectivity index (χ1v) is 6.07. The fraction of sp³-hybridized carbons (Fsp3) is 0.917. The van der Waals surface area contributed by atoms with Crippen LogP contribution in [0.15, 0.2) is 0 Å². The van der Waals surface area contributed by atoms with Crippen molar-refractivity contribution in [2.24, 2.45) is 11.8 Å². The van der Waals surface area contributed by atoms with Crippen molar-refractivity contribution in [2.45, 2.75) is 51.7 Å². The van der Waals surface area contributed by atoms with E-state index < -0.39 is 0 Å². The van der Waals surface area contributed by atoms with Gasteiger partial charge < -0.3 is 10.1 Å². The fourth-order valence-corrected chi connectivity index (χ4v) is 2.66. The van der Waals surface area contributed by atoms with E-state index in [0.717, 1.165) is 25.2 Å². The van der Waals surface area contributed by atoms with Crippen LogP contribution in [0.4, 0.5) is 0 Å². The maximum Gasteiger partial charge on any atom is 0.225 e. The van der Waals surface area contributed by atoms with Gasteiger partial charge in [-0.15, -0.1) is 0 Å². The predicted octanol–water partition coefficient (Wildman–Crippen LogP) is 1.72. The van der Waals surface area contributed by atoms with E-state index in [1.54, 1.807) is 0 Å². The predicted molar refractivity (Wildman–Crippen MR) is 58.5 cm³/mol. The van der Waals surface area contributed by atoms with Gasteiger partial charge in [0.05, 0.1) is 18.6 Å². The summed E-state index contributed by atoms with van der Waals surface area (Å²) in [6.45, 7) is 4.90. The lowest BCUT2D eigenvalue weighted by molar-refractivity contribution is -0.125. The van der Waals surface area contributed by atoms with Gasteiger partial charge in [0, 0.05) is 6.04 Å². The molecule has 1 saturated carbocycles. The molecular weight excluding hydrogens is 190 g/mol. The van der Waals surface area contributed by atoms with Crippen molar-refractivity contribution in [3.63, 3.8) is 0 Å². The number of carbonyl (C=O) groups is 1. The second-order valence-electron chi connectivity index (χ2n) is 5.20. The molecule has 0 radical (unpaired) electrons. The Kier molecular flexibility index (Phi) is 3.29. The maximum atomic E-state index is 11.9. The molecular formula is C12H21NO2. The highest BCUT2D eigenvalue weighted by Crippen LogP contribution is 2.26. The van der Waals surface area contributed by atoms with Crippen molar-refractivity contribution in [1.82, 2.24) is 5.32 Å². The monoisotopic (exact) mass is 211 g/mol. The summed E-state index contributed by atoms with van der Waals surface area (Å²) in [7, 11) is 0. The van der Waals surface area contributed by atoms with Gasteiger partial charge in [-0.2, -0.15) is 0 Å². The summed E-state index contributed by atoms with van der Waals surface area (Å²) in [5.74, 6) is 1.07. The molecule has 1 N–H and O–H groups in total. The highest BCUT2D eigenvalue weighted by Gasteiger charge is 2.31. The van der Waals surface area contributed by atoms with Crippen molar-refractivity contribution in [3.05, 3.63) is 0 Å². The van der Waals surface area contributed by atoms with Crippen LogP contribution < -0.4 is 5.32 Å². The molecule has 4 atom stereocenters. The van der Waals surface area contributed by atoms with Gasteiger partial charge in [-0.25, -0.2) is 0 Å². The minimum absolute atomic E-state index is 0.0934. The fourth-order valence-electron chi connectivity index (χ4n) is 2.66. The van der Waals surface area contributed by atoms with Gasteiger partial charge in [0.25, 0.3) is 0 Å². The van der Waals surface area contributed by atoms with Crippen LogP contribution in [0, 0.1) is 11.8 Å². The SMILES string of the molecule is CC1CCC(NC(=O)C2COC(C)C2)C1. The summed E-state index contributed by atoms with van der Waals surface area (Å²) in [6, 6.07) is 0.420. The van der Waals surface area contributed by atoms with Gasteiger partial charge in [-0.05, 0) is 38.5 Å². The highest BCUT2D eigenvalue weighted by atomic mass is 16.5. The molecule has 3 nitrogen and oxygen atoms in total. The number of hydrogen-bond acceptors (Lipinski definition) is 2. The molecule has 0 aromatic heterocycles. The quantitative estimate of drug-likeness (QED) is 0.755. The second-order valence-corrected chi connectivity index (χ2v) is 5.20. The molecule has 1 amide bonds. The molecule has 3 heteroatoms. The van der Waals surface area contributed by atoms with Crippen molar-refractivity contribution in [2.75, 3.05) is 6.61 Å². The average molecular weight is 211 g/mol. The molecule has 4 unspecified atom stereocenters. The van der Waals surface area contributed by atoms with Gasteiger partial charge >= 0.3 is 0 Å². The van der Waals surface area contributed by atoms with Crippen molar-refractivity contribution >= 4 is 5.91 Å². The summed E-state index contributed by atoms with van der Waals surface area (Å²) in [6.07, 6.45) is 4.69. The molecule has 86 valence electrons. The Labute approximate surface area is 91.6 Å². The normalized spacial score (nSPS) is 40.7. The van der Waals surface area contributed by atoms with Crippen LogP contribution in [-0.4, -0.2) is 24.7 Å². The molecule has 1 aliphatic heterocycles. The Hall–Kier alpha value is -0.570. The molecule has 2 rings (SSSR count). The molecule has 1 saturated heterocycles. The van der Waals surface area contributed by atoms with Crippen LogP contribution >= 0.6 is 0 Å². The molecule has 15 heavy (non-hydrogen) atoms. The van der Waals surface area contributed by atoms with E-state index in [1.807, 2.05) is 6.92 Å². The Morgan fingerprint density at radius 1 is 1.27 bits per heavy atom. The minimum Gasteiger partial charge on any atom is -0.378 e. The van der Waals surface area contributed by atoms with Crippen molar-refractivity contribution in [1.29, 1.82) is 0 Å². The van der Waals surface area contributed by atoms with E-state index in [1.165, 1.54) is 6.42 Å². The largest absolute Gasteiger partial charge is 0.378 e. The standard InChI is InChI=1S/C12H21NO2/c1-8-3-4-11(5-8)13-12(14)10-6-9(2)15-7-10/h8-11H,3-7H2,1-2H3,(H,13,14). The van der Waals surface area contributed by atoms with Gasteiger partial charge in [-0.3, -0.25) is 4.79 Å². The highest BCUT2D eigenvalue weighted by molar-refractivity contribution is 5.79. The maximum absolute atomic E-state index is 11.9. The third kappa shape index (κ3) is 2.71. The summed E-state index contributed by atoms with van der Waals surface area (Å²) >= 11 is 0. The Morgan fingerprint density at radius 2 is 2.07 bits per heavy atom. The lowest BCUT2D eigenvalue weighted by atomic mass is 10.0. The van der Waals surface area contributed by atoms with Crippen LogP contribution in [-0.2, 0) is 9.53 Å². The van der Waals surface area contributed by atoms with Gasteiger partial charge in [0.2, 0.25) is 5.91 Å². The van der Waals surface area contributed by atoms with Gasteiger partial charge in [0.15, 0.2) is 0 Å². The van der Waals surface area contributed by atoms with Crippen LogP contribution in [0.3, 0.4) is 0 Å².